The van der Waals surface area contributed by atoms with E-state index in [2.05, 4.69) is 10.6 Å². The summed E-state index contributed by atoms with van der Waals surface area (Å²) in [7, 11) is 0. The molecule has 1 aliphatic rings. The van der Waals surface area contributed by atoms with Crippen LogP contribution in [0.4, 0.5) is 13.2 Å². The van der Waals surface area contributed by atoms with Gasteiger partial charge in [0.1, 0.15) is 12.1 Å². The zero-order valence-electron chi connectivity index (χ0n) is 21.5. The number of hydrogen-bond acceptors (Lipinski definition) is 4. The predicted molar refractivity (Wildman–Crippen MR) is 140 cm³/mol. The molecule has 0 spiro atoms. The third kappa shape index (κ3) is 7.13. The standard InChI is InChI=1S/C30H28F3N3O4/c31-30(32,33)23-14-8-7-13-22(23)19-36-25(15-16-26(36)37)28(39)35-24(17-20-9-3-1-4-10-20)27(38)29(40)34-18-21-11-5-2-6-12-21/h1-14,24-25H,15-19H2,(H,34,40)(H,35,39)/t24?,25-/m0/s1. The van der Waals surface area contributed by atoms with Gasteiger partial charge < -0.3 is 15.5 Å². The molecule has 0 saturated carbocycles. The third-order valence-electron chi connectivity index (χ3n) is 6.73. The predicted octanol–water partition coefficient (Wildman–Crippen LogP) is 3.81. The van der Waals surface area contributed by atoms with E-state index < -0.39 is 53.9 Å². The summed E-state index contributed by atoms with van der Waals surface area (Å²) in [4.78, 5) is 53.0. The van der Waals surface area contributed by atoms with Gasteiger partial charge in [0.25, 0.3) is 5.91 Å². The quantitative estimate of drug-likeness (QED) is 0.375. The van der Waals surface area contributed by atoms with Crippen molar-refractivity contribution in [2.45, 2.75) is 50.6 Å². The van der Waals surface area contributed by atoms with Gasteiger partial charge in [-0.05, 0) is 29.2 Å². The highest BCUT2D eigenvalue weighted by Crippen LogP contribution is 2.33. The van der Waals surface area contributed by atoms with Gasteiger partial charge in [0.15, 0.2) is 0 Å². The van der Waals surface area contributed by atoms with Crippen LogP contribution in [0.2, 0.25) is 0 Å². The molecule has 2 atom stereocenters. The number of alkyl halides is 3. The third-order valence-corrected chi connectivity index (χ3v) is 6.73. The summed E-state index contributed by atoms with van der Waals surface area (Å²) in [6.07, 6.45) is -4.56. The lowest BCUT2D eigenvalue weighted by Gasteiger charge is -2.27. The fourth-order valence-electron chi connectivity index (χ4n) is 4.67. The van der Waals surface area contributed by atoms with Crippen molar-refractivity contribution >= 4 is 23.5 Å². The lowest BCUT2D eigenvalue weighted by atomic mass is 10.0. The zero-order chi connectivity index (χ0) is 28.7. The number of nitrogens with one attached hydrogen (secondary N) is 2. The SMILES string of the molecule is O=C(NCc1ccccc1)C(=O)C(Cc1ccccc1)NC(=O)[C@@H]1CCC(=O)N1Cc1ccccc1C(F)(F)F. The first-order valence-corrected chi connectivity index (χ1v) is 12.8. The van der Waals surface area contributed by atoms with E-state index in [4.69, 9.17) is 0 Å². The molecule has 0 bridgehead atoms. The Morgan fingerprint density at radius 2 is 1.48 bits per heavy atom. The van der Waals surface area contributed by atoms with Crippen molar-refractivity contribution in [2.24, 2.45) is 0 Å². The maximum atomic E-state index is 13.5. The molecule has 1 unspecified atom stereocenters. The minimum absolute atomic E-state index is 0.0156. The van der Waals surface area contributed by atoms with E-state index in [9.17, 15) is 32.3 Å². The highest BCUT2D eigenvalue weighted by Gasteiger charge is 2.40. The van der Waals surface area contributed by atoms with Crippen molar-refractivity contribution < 1.29 is 32.3 Å². The molecular formula is C30H28F3N3O4. The molecule has 10 heteroatoms. The summed E-state index contributed by atoms with van der Waals surface area (Å²) in [6, 6.07) is 20.3. The molecule has 1 saturated heterocycles. The average molecular weight is 552 g/mol. The Kier molecular flexibility index (Phi) is 8.98. The number of carbonyl (C=O) groups excluding carboxylic acids is 4. The summed E-state index contributed by atoms with van der Waals surface area (Å²) in [6.45, 7) is -0.303. The van der Waals surface area contributed by atoms with Crippen molar-refractivity contribution in [3.05, 3.63) is 107 Å². The van der Waals surface area contributed by atoms with Gasteiger partial charge in [-0.1, -0.05) is 78.9 Å². The van der Waals surface area contributed by atoms with Gasteiger partial charge in [0.05, 0.1) is 5.56 Å². The van der Waals surface area contributed by atoms with Crippen LogP contribution in [0, 0.1) is 0 Å². The molecule has 4 rings (SSSR count). The van der Waals surface area contributed by atoms with Crippen molar-refractivity contribution in [3.8, 4) is 0 Å². The van der Waals surface area contributed by atoms with Gasteiger partial charge in [0, 0.05) is 25.9 Å². The number of hydrogen-bond donors (Lipinski definition) is 2. The fourth-order valence-corrected chi connectivity index (χ4v) is 4.67. The number of Topliss-reactive ketones (excluding diaryl/α,β-unsaturated/α-hetero) is 1. The minimum atomic E-state index is -4.63. The number of nitrogens with zero attached hydrogens (tertiary/aromatic N) is 1. The summed E-state index contributed by atoms with van der Waals surface area (Å²) in [5.74, 6) is -2.93. The molecule has 1 heterocycles. The van der Waals surface area contributed by atoms with E-state index >= 15 is 0 Å². The number of ketones is 1. The van der Waals surface area contributed by atoms with Gasteiger partial charge in [0.2, 0.25) is 17.6 Å². The van der Waals surface area contributed by atoms with Crippen LogP contribution >= 0.6 is 0 Å². The van der Waals surface area contributed by atoms with Crippen LogP contribution in [0.15, 0.2) is 84.9 Å². The van der Waals surface area contributed by atoms with Crippen molar-refractivity contribution in [3.63, 3.8) is 0 Å². The second-order valence-corrected chi connectivity index (χ2v) is 9.51. The highest BCUT2D eigenvalue weighted by atomic mass is 19.4. The molecule has 0 aromatic heterocycles. The Labute approximate surface area is 229 Å². The van der Waals surface area contributed by atoms with Gasteiger partial charge in [-0.3, -0.25) is 19.2 Å². The molecule has 3 amide bonds. The number of amides is 3. The first-order chi connectivity index (χ1) is 19.1. The van der Waals surface area contributed by atoms with Crippen LogP contribution in [0.25, 0.3) is 0 Å². The molecule has 3 aromatic carbocycles. The van der Waals surface area contributed by atoms with E-state index in [1.54, 1.807) is 54.6 Å². The summed E-state index contributed by atoms with van der Waals surface area (Å²) < 4.78 is 40.6. The molecule has 7 nitrogen and oxygen atoms in total. The minimum Gasteiger partial charge on any atom is -0.345 e. The zero-order valence-corrected chi connectivity index (χ0v) is 21.5. The molecule has 0 aliphatic carbocycles. The Morgan fingerprint density at radius 1 is 0.875 bits per heavy atom. The molecule has 1 aliphatic heterocycles. The van der Waals surface area contributed by atoms with E-state index in [0.717, 1.165) is 16.5 Å². The molecule has 1 fully saturated rings. The second kappa shape index (κ2) is 12.6. The van der Waals surface area contributed by atoms with E-state index in [1.165, 1.54) is 18.2 Å². The van der Waals surface area contributed by atoms with Crippen molar-refractivity contribution in [2.75, 3.05) is 0 Å². The van der Waals surface area contributed by atoms with Crippen LogP contribution in [-0.4, -0.2) is 40.5 Å². The average Bonchev–Trinajstić information content (AvgIpc) is 3.31. The van der Waals surface area contributed by atoms with Gasteiger partial charge in [-0.2, -0.15) is 13.2 Å². The van der Waals surface area contributed by atoms with Gasteiger partial charge >= 0.3 is 6.18 Å². The number of halogens is 3. The molecule has 208 valence electrons. The lowest BCUT2D eigenvalue weighted by molar-refractivity contribution is -0.142. The molecular weight excluding hydrogens is 523 g/mol. The van der Waals surface area contributed by atoms with E-state index in [-0.39, 0.29) is 31.4 Å². The highest BCUT2D eigenvalue weighted by molar-refractivity contribution is 6.38. The summed E-state index contributed by atoms with van der Waals surface area (Å²) in [5, 5.41) is 5.17. The number of rotatable bonds is 10. The van der Waals surface area contributed by atoms with Gasteiger partial charge in [-0.25, -0.2) is 0 Å². The smallest absolute Gasteiger partial charge is 0.345 e. The molecule has 40 heavy (non-hydrogen) atoms. The molecule has 2 N–H and O–H groups in total. The lowest BCUT2D eigenvalue weighted by Crippen LogP contribution is -2.53. The monoisotopic (exact) mass is 551 g/mol. The van der Waals surface area contributed by atoms with Crippen LogP contribution in [0.1, 0.15) is 35.1 Å². The Bertz CT molecular complexity index is 1360. The van der Waals surface area contributed by atoms with Crippen LogP contribution in [0.3, 0.4) is 0 Å². The normalized spacial score (nSPS) is 15.9. The molecule has 0 radical (unpaired) electrons. The second-order valence-electron chi connectivity index (χ2n) is 9.51. The number of likely N-dealkylation sites (tertiary alicyclic amines) is 1. The Balaban J connectivity index is 1.51. The molecule has 3 aromatic rings. The van der Waals surface area contributed by atoms with Crippen molar-refractivity contribution in [1.82, 2.24) is 15.5 Å². The maximum absolute atomic E-state index is 13.5. The Morgan fingerprint density at radius 3 is 2.12 bits per heavy atom. The van der Waals surface area contributed by atoms with E-state index in [0.29, 0.717) is 5.56 Å². The van der Waals surface area contributed by atoms with Crippen LogP contribution in [-0.2, 0) is 44.9 Å². The largest absolute Gasteiger partial charge is 0.416 e. The van der Waals surface area contributed by atoms with Crippen molar-refractivity contribution in [1.29, 1.82) is 0 Å². The number of benzene rings is 3. The summed E-state index contributed by atoms with van der Waals surface area (Å²) in [5.41, 5.74) is 0.448. The maximum Gasteiger partial charge on any atom is 0.416 e. The fraction of sp³-hybridized carbons (Fsp3) is 0.267. The number of carbonyl (C=O) groups is 4. The first kappa shape index (κ1) is 28.5. The Hall–Kier alpha value is -4.47. The van der Waals surface area contributed by atoms with Crippen LogP contribution in [0.5, 0.6) is 0 Å². The van der Waals surface area contributed by atoms with E-state index in [1.807, 2.05) is 6.07 Å². The first-order valence-electron chi connectivity index (χ1n) is 12.8. The summed E-state index contributed by atoms with van der Waals surface area (Å²) >= 11 is 0. The van der Waals surface area contributed by atoms with Gasteiger partial charge in [-0.15, -0.1) is 0 Å². The topological polar surface area (TPSA) is 95.6 Å². The van der Waals surface area contributed by atoms with Crippen LogP contribution < -0.4 is 10.6 Å².